The SMILES string of the molecule is CCOC(=O)/C(C#N)=C/Nc1ccc(C)cc1. The molecule has 0 spiro atoms. The van der Waals surface area contributed by atoms with E-state index in [0.29, 0.717) is 0 Å². The van der Waals surface area contributed by atoms with Gasteiger partial charge in [-0.3, -0.25) is 0 Å². The standard InChI is InChI=1S/C13H14N2O2/c1-3-17-13(16)11(8-14)9-15-12-6-4-10(2)5-7-12/h4-7,9,15H,3H2,1-2H3/b11-9+. The molecule has 0 heterocycles. The zero-order valence-electron chi connectivity index (χ0n) is 9.86. The maximum atomic E-state index is 11.3. The molecule has 4 nitrogen and oxygen atoms in total. The van der Waals surface area contributed by atoms with Gasteiger partial charge in [0.05, 0.1) is 6.61 Å². The molecule has 0 saturated carbocycles. The van der Waals surface area contributed by atoms with Gasteiger partial charge in [-0.2, -0.15) is 5.26 Å². The second-order valence-electron chi connectivity index (χ2n) is 3.40. The third kappa shape index (κ3) is 3.99. The number of carbonyl (C=O) groups is 1. The fourth-order valence-corrected chi connectivity index (χ4v) is 1.15. The first-order valence-electron chi connectivity index (χ1n) is 5.28. The maximum Gasteiger partial charge on any atom is 0.350 e. The van der Waals surface area contributed by atoms with Crippen molar-refractivity contribution >= 4 is 11.7 Å². The van der Waals surface area contributed by atoms with Gasteiger partial charge in [-0.15, -0.1) is 0 Å². The van der Waals surface area contributed by atoms with E-state index < -0.39 is 5.97 Å². The Labute approximate surface area is 101 Å². The molecule has 1 rings (SSSR count). The zero-order chi connectivity index (χ0) is 12.7. The Morgan fingerprint density at radius 3 is 2.65 bits per heavy atom. The highest BCUT2D eigenvalue weighted by atomic mass is 16.5. The predicted octanol–water partition coefficient (Wildman–Crippen LogP) is 2.38. The molecular weight excluding hydrogens is 216 g/mol. The summed E-state index contributed by atoms with van der Waals surface area (Å²) in [6, 6.07) is 9.40. The average Bonchev–Trinajstić information content (AvgIpc) is 2.32. The summed E-state index contributed by atoms with van der Waals surface area (Å²) in [5.41, 5.74) is 1.91. The summed E-state index contributed by atoms with van der Waals surface area (Å²) in [5, 5.41) is 11.7. The van der Waals surface area contributed by atoms with Crippen LogP contribution in [0.2, 0.25) is 0 Å². The largest absolute Gasteiger partial charge is 0.462 e. The van der Waals surface area contributed by atoms with E-state index in [0.717, 1.165) is 11.3 Å². The number of hydrogen-bond donors (Lipinski definition) is 1. The number of benzene rings is 1. The molecule has 0 aliphatic heterocycles. The molecule has 0 aromatic heterocycles. The minimum atomic E-state index is -0.616. The highest BCUT2D eigenvalue weighted by Gasteiger charge is 2.08. The molecule has 4 heteroatoms. The molecule has 17 heavy (non-hydrogen) atoms. The molecule has 0 saturated heterocycles. The summed E-state index contributed by atoms with van der Waals surface area (Å²) in [4.78, 5) is 11.3. The minimum Gasteiger partial charge on any atom is -0.462 e. The number of esters is 1. The van der Waals surface area contributed by atoms with Crippen LogP contribution < -0.4 is 5.32 Å². The Kier molecular flexibility index (Phi) is 4.77. The fourth-order valence-electron chi connectivity index (χ4n) is 1.15. The number of ether oxygens (including phenoxy) is 1. The summed E-state index contributed by atoms with van der Waals surface area (Å²) < 4.78 is 4.73. The summed E-state index contributed by atoms with van der Waals surface area (Å²) in [5.74, 6) is -0.616. The lowest BCUT2D eigenvalue weighted by Gasteiger charge is -2.03. The molecule has 1 N–H and O–H groups in total. The monoisotopic (exact) mass is 230 g/mol. The Morgan fingerprint density at radius 1 is 1.47 bits per heavy atom. The maximum absolute atomic E-state index is 11.3. The molecule has 1 aromatic rings. The van der Waals surface area contributed by atoms with Crippen molar-refractivity contribution in [1.82, 2.24) is 0 Å². The van der Waals surface area contributed by atoms with Crippen molar-refractivity contribution in [3.05, 3.63) is 41.6 Å². The molecule has 0 fully saturated rings. The minimum absolute atomic E-state index is 0.0487. The topological polar surface area (TPSA) is 62.1 Å². The van der Waals surface area contributed by atoms with Crippen molar-refractivity contribution in [2.45, 2.75) is 13.8 Å². The number of nitrogens with one attached hydrogen (secondary N) is 1. The third-order valence-electron chi connectivity index (χ3n) is 2.05. The average molecular weight is 230 g/mol. The zero-order valence-corrected chi connectivity index (χ0v) is 9.86. The van der Waals surface area contributed by atoms with Crippen LogP contribution in [0.1, 0.15) is 12.5 Å². The lowest BCUT2D eigenvalue weighted by Crippen LogP contribution is -2.07. The van der Waals surface area contributed by atoms with Crippen LogP contribution in [-0.4, -0.2) is 12.6 Å². The van der Waals surface area contributed by atoms with Crippen LogP contribution in [0.15, 0.2) is 36.0 Å². The second-order valence-corrected chi connectivity index (χ2v) is 3.40. The van der Waals surface area contributed by atoms with Gasteiger partial charge in [-0.05, 0) is 26.0 Å². The molecule has 0 unspecified atom stereocenters. The molecule has 1 aromatic carbocycles. The lowest BCUT2D eigenvalue weighted by molar-refractivity contribution is -0.138. The van der Waals surface area contributed by atoms with Gasteiger partial charge in [-0.25, -0.2) is 4.79 Å². The van der Waals surface area contributed by atoms with E-state index in [1.54, 1.807) is 13.0 Å². The number of hydrogen-bond acceptors (Lipinski definition) is 4. The van der Waals surface area contributed by atoms with E-state index in [2.05, 4.69) is 5.32 Å². The number of carbonyl (C=O) groups excluding carboxylic acids is 1. The first kappa shape index (κ1) is 12.8. The Balaban J connectivity index is 2.71. The highest BCUT2D eigenvalue weighted by Crippen LogP contribution is 2.09. The Bertz CT molecular complexity index is 455. The van der Waals surface area contributed by atoms with Crippen molar-refractivity contribution in [2.75, 3.05) is 11.9 Å². The van der Waals surface area contributed by atoms with Crippen LogP contribution in [0.3, 0.4) is 0 Å². The Morgan fingerprint density at radius 2 is 2.12 bits per heavy atom. The van der Waals surface area contributed by atoms with Gasteiger partial charge < -0.3 is 10.1 Å². The van der Waals surface area contributed by atoms with E-state index in [1.165, 1.54) is 6.20 Å². The van der Waals surface area contributed by atoms with Crippen LogP contribution in [0.25, 0.3) is 0 Å². The number of rotatable bonds is 4. The first-order chi connectivity index (χ1) is 8.17. The molecule has 0 aliphatic rings. The van der Waals surface area contributed by atoms with E-state index in [9.17, 15) is 4.79 Å². The van der Waals surface area contributed by atoms with Gasteiger partial charge in [0.15, 0.2) is 5.57 Å². The number of nitrogens with zero attached hydrogens (tertiary/aromatic N) is 1. The van der Waals surface area contributed by atoms with Gasteiger partial charge in [0.25, 0.3) is 0 Å². The smallest absolute Gasteiger partial charge is 0.350 e. The summed E-state index contributed by atoms with van der Waals surface area (Å²) in [6.45, 7) is 3.93. The number of anilines is 1. The van der Waals surface area contributed by atoms with Gasteiger partial charge >= 0.3 is 5.97 Å². The molecule has 0 amide bonds. The van der Waals surface area contributed by atoms with Crippen molar-refractivity contribution in [2.24, 2.45) is 0 Å². The quantitative estimate of drug-likeness (QED) is 0.490. The van der Waals surface area contributed by atoms with Gasteiger partial charge in [0.1, 0.15) is 6.07 Å². The van der Waals surface area contributed by atoms with E-state index in [-0.39, 0.29) is 12.2 Å². The van der Waals surface area contributed by atoms with Gasteiger partial charge in [-0.1, -0.05) is 17.7 Å². The van der Waals surface area contributed by atoms with Crippen LogP contribution in [0.5, 0.6) is 0 Å². The fraction of sp³-hybridized carbons (Fsp3) is 0.231. The third-order valence-corrected chi connectivity index (χ3v) is 2.05. The van der Waals surface area contributed by atoms with Crippen LogP contribution in [0.4, 0.5) is 5.69 Å². The van der Waals surface area contributed by atoms with Crippen molar-refractivity contribution < 1.29 is 9.53 Å². The molecule has 88 valence electrons. The van der Waals surface area contributed by atoms with Crippen molar-refractivity contribution in [3.8, 4) is 6.07 Å². The summed E-state index contributed by atoms with van der Waals surface area (Å²) in [6.07, 6.45) is 1.35. The van der Waals surface area contributed by atoms with Crippen LogP contribution in [-0.2, 0) is 9.53 Å². The van der Waals surface area contributed by atoms with E-state index in [4.69, 9.17) is 10.00 Å². The lowest BCUT2D eigenvalue weighted by atomic mass is 10.2. The van der Waals surface area contributed by atoms with Crippen molar-refractivity contribution in [3.63, 3.8) is 0 Å². The number of aryl methyl sites for hydroxylation is 1. The molecule has 0 radical (unpaired) electrons. The first-order valence-corrected chi connectivity index (χ1v) is 5.28. The molecule has 0 aliphatic carbocycles. The van der Waals surface area contributed by atoms with Crippen LogP contribution >= 0.6 is 0 Å². The van der Waals surface area contributed by atoms with Crippen molar-refractivity contribution in [1.29, 1.82) is 5.26 Å². The second kappa shape index (κ2) is 6.33. The van der Waals surface area contributed by atoms with Gasteiger partial charge in [0, 0.05) is 11.9 Å². The van der Waals surface area contributed by atoms with E-state index >= 15 is 0 Å². The summed E-state index contributed by atoms with van der Waals surface area (Å²) >= 11 is 0. The summed E-state index contributed by atoms with van der Waals surface area (Å²) in [7, 11) is 0. The number of nitriles is 1. The normalized spacial score (nSPS) is 10.5. The van der Waals surface area contributed by atoms with Crippen LogP contribution in [0, 0.1) is 18.3 Å². The molecular formula is C13H14N2O2. The predicted molar refractivity (Wildman–Crippen MR) is 65.1 cm³/mol. The molecule has 0 bridgehead atoms. The Hall–Kier alpha value is -2.28. The highest BCUT2D eigenvalue weighted by molar-refractivity contribution is 5.93. The molecule has 0 atom stereocenters. The van der Waals surface area contributed by atoms with Gasteiger partial charge in [0.2, 0.25) is 0 Å². The van der Waals surface area contributed by atoms with E-state index in [1.807, 2.05) is 31.2 Å².